The van der Waals surface area contributed by atoms with Crippen LogP contribution in [0, 0.1) is 11.3 Å². The number of nitrogens with one attached hydrogen (secondary N) is 1. The number of benzene rings is 1. The van der Waals surface area contributed by atoms with Gasteiger partial charge in [0.15, 0.2) is 6.10 Å². The molecule has 1 N–H and O–H groups in total. The van der Waals surface area contributed by atoms with E-state index in [9.17, 15) is 4.79 Å². The molecular weight excluding hydrogens is 244 g/mol. The number of hydrogen-bond donors (Lipinski definition) is 1. The molecule has 0 bridgehead atoms. The molecule has 0 aliphatic heterocycles. The highest BCUT2D eigenvalue weighted by Gasteiger charge is 2.18. The summed E-state index contributed by atoms with van der Waals surface area (Å²) < 4.78 is 5.44. The van der Waals surface area contributed by atoms with Crippen molar-refractivity contribution in [2.75, 3.05) is 0 Å². The van der Waals surface area contributed by atoms with Crippen LogP contribution < -0.4 is 10.2 Å². The zero-order valence-corrected chi connectivity index (χ0v) is 11.6. The van der Waals surface area contributed by atoms with E-state index in [-0.39, 0.29) is 5.91 Å². The average molecular weight is 262 g/mol. The molecule has 19 heavy (non-hydrogen) atoms. The van der Waals surface area contributed by atoms with Crippen LogP contribution in [-0.4, -0.2) is 17.6 Å². The first-order valence-corrected chi connectivity index (χ1v) is 5.96. The minimum atomic E-state index is -0.685. The van der Waals surface area contributed by atoms with Crippen molar-refractivity contribution in [2.24, 2.45) is 0 Å². The summed E-state index contributed by atoms with van der Waals surface area (Å²) in [5.74, 6) is 0.164. The van der Waals surface area contributed by atoms with Crippen LogP contribution in [0.3, 0.4) is 0 Å². The predicted molar refractivity (Wildman–Crippen MR) is 70.2 cm³/mol. The summed E-state index contributed by atoms with van der Waals surface area (Å²) in [5.41, 5.74) is 2.44. The third-order valence-corrected chi connectivity index (χ3v) is 2.12. The molecule has 0 saturated carbocycles. The number of nitrogens with zero attached hydrogens (tertiary/aromatic N) is 1. The maximum Gasteiger partial charge on any atom is 0.284 e. The Kier molecular flexibility index (Phi) is 4.90. The number of ether oxygens (including phenoxy) is 1. The summed E-state index contributed by atoms with van der Waals surface area (Å²) in [5, 5.41) is 8.67. The lowest BCUT2D eigenvalue weighted by Crippen LogP contribution is -2.40. The van der Waals surface area contributed by atoms with Crippen LogP contribution in [-0.2, 0) is 9.63 Å². The molecule has 0 aliphatic rings. The second-order valence-electron chi connectivity index (χ2n) is 5.08. The van der Waals surface area contributed by atoms with E-state index in [1.165, 1.54) is 0 Å². The molecule has 0 aromatic heterocycles. The van der Waals surface area contributed by atoms with E-state index in [0.29, 0.717) is 11.3 Å². The molecule has 1 unspecified atom stereocenters. The lowest BCUT2D eigenvalue weighted by Gasteiger charge is -2.21. The third-order valence-electron chi connectivity index (χ3n) is 2.12. The molecule has 0 saturated heterocycles. The summed E-state index contributed by atoms with van der Waals surface area (Å²) in [7, 11) is 0. The zero-order valence-electron chi connectivity index (χ0n) is 11.6. The van der Waals surface area contributed by atoms with Gasteiger partial charge in [-0.05, 0) is 52.0 Å². The summed E-state index contributed by atoms with van der Waals surface area (Å²) in [6.45, 7) is 7.12. The minimum absolute atomic E-state index is 0.362. The first-order chi connectivity index (χ1) is 8.81. The van der Waals surface area contributed by atoms with Gasteiger partial charge in [0.05, 0.1) is 17.2 Å². The van der Waals surface area contributed by atoms with Gasteiger partial charge in [-0.25, -0.2) is 5.48 Å². The van der Waals surface area contributed by atoms with E-state index in [1.807, 2.05) is 26.8 Å². The van der Waals surface area contributed by atoms with Crippen LogP contribution in [0.1, 0.15) is 33.3 Å². The van der Waals surface area contributed by atoms with Gasteiger partial charge in [-0.15, -0.1) is 0 Å². The molecule has 0 radical (unpaired) electrons. The molecule has 0 spiro atoms. The van der Waals surface area contributed by atoms with Gasteiger partial charge in [0.25, 0.3) is 5.91 Å². The quantitative estimate of drug-likeness (QED) is 0.844. The number of amides is 1. The molecule has 5 heteroatoms. The van der Waals surface area contributed by atoms with Crippen LogP contribution >= 0.6 is 0 Å². The van der Waals surface area contributed by atoms with Gasteiger partial charge in [0.2, 0.25) is 0 Å². The van der Waals surface area contributed by atoms with Gasteiger partial charge in [-0.2, -0.15) is 5.26 Å². The van der Waals surface area contributed by atoms with Gasteiger partial charge in [-0.1, -0.05) is 0 Å². The van der Waals surface area contributed by atoms with Crippen molar-refractivity contribution in [3.05, 3.63) is 29.8 Å². The first-order valence-electron chi connectivity index (χ1n) is 5.96. The molecule has 102 valence electrons. The standard InChI is InChI=1S/C14H18N2O3/c1-10(13(17)16-19-14(2,3)4)18-12-7-5-11(9-15)6-8-12/h5-8,10H,1-4H3,(H,16,17). The third kappa shape index (κ3) is 5.40. The Balaban J connectivity index is 2.51. The van der Waals surface area contributed by atoms with Crippen LogP contribution in [0.2, 0.25) is 0 Å². The highest BCUT2D eigenvalue weighted by atomic mass is 16.7. The van der Waals surface area contributed by atoms with E-state index < -0.39 is 11.7 Å². The smallest absolute Gasteiger partial charge is 0.284 e. The van der Waals surface area contributed by atoms with Gasteiger partial charge in [0.1, 0.15) is 5.75 Å². The van der Waals surface area contributed by atoms with Gasteiger partial charge >= 0.3 is 0 Å². The van der Waals surface area contributed by atoms with Crippen molar-refractivity contribution in [1.29, 1.82) is 5.26 Å². The van der Waals surface area contributed by atoms with Crippen LogP contribution in [0.25, 0.3) is 0 Å². The molecule has 1 aromatic carbocycles. The van der Waals surface area contributed by atoms with E-state index in [2.05, 4.69) is 5.48 Å². The van der Waals surface area contributed by atoms with E-state index in [4.69, 9.17) is 14.8 Å². The predicted octanol–water partition coefficient (Wildman–Crippen LogP) is 2.17. The highest BCUT2D eigenvalue weighted by molar-refractivity contribution is 5.79. The van der Waals surface area contributed by atoms with Crippen LogP contribution in [0.15, 0.2) is 24.3 Å². The SMILES string of the molecule is CC(Oc1ccc(C#N)cc1)C(=O)NOC(C)(C)C. The van der Waals surface area contributed by atoms with E-state index in [1.54, 1.807) is 31.2 Å². The van der Waals surface area contributed by atoms with Crippen molar-refractivity contribution >= 4 is 5.91 Å². The minimum Gasteiger partial charge on any atom is -0.481 e. The maximum absolute atomic E-state index is 11.7. The second-order valence-corrected chi connectivity index (χ2v) is 5.08. The van der Waals surface area contributed by atoms with Crippen LogP contribution in [0.5, 0.6) is 5.75 Å². The van der Waals surface area contributed by atoms with Crippen molar-refractivity contribution in [3.63, 3.8) is 0 Å². The molecule has 5 nitrogen and oxygen atoms in total. The van der Waals surface area contributed by atoms with Crippen molar-refractivity contribution in [2.45, 2.75) is 39.4 Å². The Morgan fingerprint density at radius 3 is 2.37 bits per heavy atom. The Morgan fingerprint density at radius 2 is 1.89 bits per heavy atom. The van der Waals surface area contributed by atoms with Gasteiger partial charge in [0, 0.05) is 0 Å². The fraction of sp³-hybridized carbons (Fsp3) is 0.429. The van der Waals surface area contributed by atoms with Gasteiger partial charge < -0.3 is 4.74 Å². The largest absolute Gasteiger partial charge is 0.481 e. The summed E-state index contributed by atoms with van der Waals surface area (Å²) >= 11 is 0. The molecule has 1 atom stereocenters. The lowest BCUT2D eigenvalue weighted by atomic mass is 10.2. The molecule has 1 rings (SSSR count). The number of hydrogen-bond acceptors (Lipinski definition) is 4. The summed E-state index contributed by atoms with van der Waals surface area (Å²) in [6, 6.07) is 8.57. The number of rotatable bonds is 4. The molecule has 1 amide bonds. The van der Waals surface area contributed by atoms with E-state index >= 15 is 0 Å². The normalized spacial score (nSPS) is 12.4. The van der Waals surface area contributed by atoms with Crippen molar-refractivity contribution in [3.8, 4) is 11.8 Å². The van der Waals surface area contributed by atoms with Crippen LogP contribution in [0.4, 0.5) is 0 Å². The topological polar surface area (TPSA) is 71.3 Å². The average Bonchev–Trinajstić information content (AvgIpc) is 2.36. The Morgan fingerprint density at radius 1 is 1.32 bits per heavy atom. The Labute approximate surface area is 113 Å². The number of hydroxylamine groups is 1. The lowest BCUT2D eigenvalue weighted by molar-refractivity contribution is -0.151. The zero-order chi connectivity index (χ0) is 14.5. The molecule has 0 fully saturated rings. The highest BCUT2D eigenvalue weighted by Crippen LogP contribution is 2.13. The van der Waals surface area contributed by atoms with Crippen molar-refractivity contribution < 1.29 is 14.4 Å². The Bertz CT molecular complexity index is 469. The number of carbonyl (C=O) groups excluding carboxylic acids is 1. The second kappa shape index (κ2) is 6.21. The molecule has 0 heterocycles. The molecule has 0 aliphatic carbocycles. The fourth-order valence-corrected chi connectivity index (χ4v) is 1.15. The fourth-order valence-electron chi connectivity index (χ4n) is 1.15. The summed E-state index contributed by atoms with van der Waals surface area (Å²) in [6.07, 6.45) is -0.685. The Hall–Kier alpha value is -2.06. The monoisotopic (exact) mass is 262 g/mol. The van der Waals surface area contributed by atoms with E-state index in [0.717, 1.165) is 0 Å². The molecular formula is C14H18N2O3. The first kappa shape index (κ1) is 15.0. The van der Waals surface area contributed by atoms with Crippen molar-refractivity contribution in [1.82, 2.24) is 5.48 Å². The number of nitriles is 1. The maximum atomic E-state index is 11.7. The summed E-state index contributed by atoms with van der Waals surface area (Å²) in [4.78, 5) is 16.9. The van der Waals surface area contributed by atoms with Gasteiger partial charge in [-0.3, -0.25) is 9.63 Å². The molecule has 1 aromatic rings. The number of carbonyl (C=O) groups is 1.